The molecule has 0 saturated carbocycles. The molecule has 22 heavy (non-hydrogen) atoms. The molecule has 0 N–H and O–H groups in total. The van der Waals surface area contributed by atoms with Gasteiger partial charge in [-0.15, -0.1) is 0 Å². The maximum absolute atomic E-state index is 4.49. The third-order valence-electron chi connectivity index (χ3n) is 4.16. The van der Waals surface area contributed by atoms with Crippen LogP contribution >= 0.6 is 0 Å². The maximum Gasteiger partial charge on any atom is 0.205 e. The van der Waals surface area contributed by atoms with Crippen molar-refractivity contribution < 1.29 is 0 Å². The van der Waals surface area contributed by atoms with Crippen LogP contribution < -0.4 is 4.90 Å². The molecule has 1 aromatic heterocycles. The molecular weight excluding hydrogens is 272 g/mol. The van der Waals surface area contributed by atoms with Gasteiger partial charge >= 0.3 is 0 Å². The molecule has 0 radical (unpaired) electrons. The first-order valence-corrected chi connectivity index (χ1v) is 8.07. The van der Waals surface area contributed by atoms with Gasteiger partial charge in [0, 0.05) is 51.7 Å². The average molecular weight is 296 g/mol. The van der Waals surface area contributed by atoms with E-state index in [0.29, 0.717) is 0 Å². The van der Waals surface area contributed by atoms with Gasteiger partial charge in [-0.2, -0.15) is 0 Å². The smallest absolute Gasteiger partial charge is 0.205 e. The van der Waals surface area contributed by atoms with Gasteiger partial charge in [0.2, 0.25) is 5.95 Å². The molecular formula is C18H24N4. The van der Waals surface area contributed by atoms with Crippen LogP contribution in [0.15, 0.2) is 48.8 Å². The molecule has 0 spiro atoms. The Morgan fingerprint density at radius 1 is 1.09 bits per heavy atom. The largest absolute Gasteiger partial charge is 0.340 e. The molecule has 2 aromatic rings. The molecule has 2 heterocycles. The van der Waals surface area contributed by atoms with E-state index in [9.17, 15) is 0 Å². The van der Waals surface area contributed by atoms with Gasteiger partial charge in [-0.3, -0.25) is 4.90 Å². The fourth-order valence-electron chi connectivity index (χ4n) is 2.86. The van der Waals surface area contributed by atoms with Crippen molar-refractivity contribution in [2.75, 3.05) is 37.6 Å². The number of piperazine rings is 1. The summed E-state index contributed by atoms with van der Waals surface area (Å²) in [6.45, 7) is 8.45. The summed E-state index contributed by atoms with van der Waals surface area (Å²) in [5.41, 5.74) is 1.27. The summed E-state index contributed by atoms with van der Waals surface area (Å²) in [7, 11) is 0. The number of anilines is 1. The Kier molecular flexibility index (Phi) is 4.91. The topological polar surface area (TPSA) is 24.3 Å². The number of aromatic nitrogens is 2. The first kappa shape index (κ1) is 14.9. The molecule has 1 fully saturated rings. The van der Waals surface area contributed by atoms with Gasteiger partial charge in [0.25, 0.3) is 0 Å². The molecule has 116 valence electrons. The first-order chi connectivity index (χ1) is 10.9. The molecule has 1 aromatic carbocycles. The van der Waals surface area contributed by atoms with Crippen LogP contribution in [0, 0.1) is 0 Å². The Morgan fingerprint density at radius 3 is 2.59 bits per heavy atom. The number of imidazole rings is 1. The Bertz CT molecular complexity index is 595. The Morgan fingerprint density at radius 2 is 1.86 bits per heavy atom. The fourth-order valence-corrected chi connectivity index (χ4v) is 2.86. The molecule has 0 atom stereocenters. The second-order valence-corrected chi connectivity index (χ2v) is 5.61. The molecule has 0 amide bonds. The van der Waals surface area contributed by atoms with Crippen LogP contribution in [-0.2, 0) is 6.54 Å². The van der Waals surface area contributed by atoms with Crippen LogP contribution in [0.4, 0.5) is 5.95 Å². The van der Waals surface area contributed by atoms with E-state index >= 15 is 0 Å². The summed E-state index contributed by atoms with van der Waals surface area (Å²) in [5, 5.41) is 0. The van der Waals surface area contributed by atoms with Crippen molar-refractivity contribution in [2.24, 2.45) is 0 Å². The van der Waals surface area contributed by atoms with E-state index in [0.717, 1.165) is 45.2 Å². The lowest BCUT2D eigenvalue weighted by Crippen LogP contribution is -2.47. The number of hydrogen-bond donors (Lipinski definition) is 0. The number of benzene rings is 1. The number of aryl methyl sites for hydroxylation is 1. The minimum Gasteiger partial charge on any atom is -0.340 e. The average Bonchev–Trinajstić information content (AvgIpc) is 3.05. The quantitative estimate of drug-likeness (QED) is 0.848. The van der Waals surface area contributed by atoms with E-state index in [4.69, 9.17) is 0 Å². The summed E-state index contributed by atoms with van der Waals surface area (Å²) in [6, 6.07) is 10.5. The van der Waals surface area contributed by atoms with Gasteiger partial charge in [-0.1, -0.05) is 42.5 Å². The van der Waals surface area contributed by atoms with Crippen LogP contribution in [-0.4, -0.2) is 47.2 Å². The summed E-state index contributed by atoms with van der Waals surface area (Å²) >= 11 is 0. The standard InChI is InChI=1S/C18H24N4/c1-2-21-12-10-19-18(21)22-15-13-20(14-16-22)11-6-9-17-7-4-3-5-8-17/h3-10,12H,2,11,13-16H2,1H3/b9-6+. The zero-order valence-electron chi connectivity index (χ0n) is 13.2. The molecule has 0 bridgehead atoms. The monoisotopic (exact) mass is 296 g/mol. The van der Waals surface area contributed by atoms with Crippen molar-refractivity contribution in [3.63, 3.8) is 0 Å². The highest BCUT2D eigenvalue weighted by Crippen LogP contribution is 2.14. The van der Waals surface area contributed by atoms with Crippen molar-refractivity contribution >= 4 is 12.0 Å². The van der Waals surface area contributed by atoms with Gasteiger partial charge < -0.3 is 9.47 Å². The molecule has 4 heteroatoms. The van der Waals surface area contributed by atoms with Crippen LogP contribution in [0.3, 0.4) is 0 Å². The zero-order chi connectivity index (χ0) is 15.2. The molecule has 4 nitrogen and oxygen atoms in total. The van der Waals surface area contributed by atoms with E-state index in [1.54, 1.807) is 0 Å². The van der Waals surface area contributed by atoms with Crippen LogP contribution in [0.5, 0.6) is 0 Å². The number of hydrogen-bond acceptors (Lipinski definition) is 3. The third kappa shape index (κ3) is 3.57. The highest BCUT2D eigenvalue weighted by atomic mass is 15.3. The van der Waals surface area contributed by atoms with Gasteiger partial charge in [-0.25, -0.2) is 4.98 Å². The summed E-state index contributed by atoms with van der Waals surface area (Å²) in [5.74, 6) is 1.11. The third-order valence-corrected chi connectivity index (χ3v) is 4.16. The highest BCUT2D eigenvalue weighted by Gasteiger charge is 2.18. The van der Waals surface area contributed by atoms with Crippen molar-refractivity contribution in [2.45, 2.75) is 13.5 Å². The lowest BCUT2D eigenvalue weighted by molar-refractivity contribution is 0.282. The lowest BCUT2D eigenvalue weighted by atomic mass is 10.2. The summed E-state index contributed by atoms with van der Waals surface area (Å²) < 4.78 is 2.21. The van der Waals surface area contributed by atoms with Crippen LogP contribution in [0.2, 0.25) is 0 Å². The second-order valence-electron chi connectivity index (χ2n) is 5.61. The van der Waals surface area contributed by atoms with Gasteiger partial charge in [0.05, 0.1) is 0 Å². The van der Waals surface area contributed by atoms with E-state index in [1.807, 2.05) is 6.20 Å². The van der Waals surface area contributed by atoms with Crippen molar-refractivity contribution in [3.05, 3.63) is 54.4 Å². The normalized spacial score (nSPS) is 16.5. The molecule has 0 aliphatic carbocycles. The molecule has 1 aliphatic rings. The second kappa shape index (κ2) is 7.27. The lowest BCUT2D eigenvalue weighted by Gasteiger charge is -2.34. The van der Waals surface area contributed by atoms with Crippen LogP contribution in [0.25, 0.3) is 6.08 Å². The molecule has 1 aliphatic heterocycles. The highest BCUT2D eigenvalue weighted by molar-refractivity contribution is 5.48. The van der Waals surface area contributed by atoms with Crippen molar-refractivity contribution in [1.29, 1.82) is 0 Å². The SMILES string of the molecule is CCn1ccnc1N1CCN(C/C=C/c2ccccc2)CC1. The fraction of sp³-hybridized carbons (Fsp3) is 0.389. The Balaban J connectivity index is 1.49. The summed E-state index contributed by atoms with van der Waals surface area (Å²) in [4.78, 5) is 9.38. The van der Waals surface area contributed by atoms with Gasteiger partial charge in [-0.05, 0) is 12.5 Å². The van der Waals surface area contributed by atoms with E-state index in [-0.39, 0.29) is 0 Å². The van der Waals surface area contributed by atoms with E-state index in [1.165, 1.54) is 5.56 Å². The minimum atomic E-state index is 0.982. The zero-order valence-corrected chi connectivity index (χ0v) is 13.2. The molecule has 1 saturated heterocycles. The maximum atomic E-state index is 4.49. The van der Waals surface area contributed by atoms with Gasteiger partial charge in [0.1, 0.15) is 0 Å². The van der Waals surface area contributed by atoms with Gasteiger partial charge in [0.15, 0.2) is 0 Å². The van der Waals surface area contributed by atoms with E-state index in [2.05, 4.69) is 75.0 Å². The number of rotatable bonds is 5. The van der Waals surface area contributed by atoms with Crippen molar-refractivity contribution in [3.8, 4) is 0 Å². The van der Waals surface area contributed by atoms with Crippen molar-refractivity contribution in [1.82, 2.24) is 14.5 Å². The minimum absolute atomic E-state index is 0.982. The predicted molar refractivity (Wildman–Crippen MR) is 92.0 cm³/mol. The molecule has 0 unspecified atom stereocenters. The Labute approximate surface area is 132 Å². The van der Waals surface area contributed by atoms with E-state index < -0.39 is 0 Å². The Hall–Kier alpha value is -2.07. The number of nitrogens with zero attached hydrogens (tertiary/aromatic N) is 4. The predicted octanol–water partition coefficient (Wildman–Crippen LogP) is 2.74. The first-order valence-electron chi connectivity index (χ1n) is 8.07. The van der Waals surface area contributed by atoms with Crippen LogP contribution in [0.1, 0.15) is 12.5 Å². The molecule has 3 rings (SSSR count). The summed E-state index contributed by atoms with van der Waals surface area (Å²) in [6.07, 6.45) is 8.42.